The average Bonchev–Trinajstić information content (AvgIpc) is 3.52. The van der Waals surface area contributed by atoms with Gasteiger partial charge in [-0.05, 0) is 43.2 Å². The number of benzene rings is 3. The van der Waals surface area contributed by atoms with Crippen LogP contribution in [-0.2, 0) is 16.0 Å². The van der Waals surface area contributed by atoms with Crippen molar-refractivity contribution in [2.75, 3.05) is 19.8 Å². The highest BCUT2D eigenvalue weighted by Gasteiger charge is 2.32. The molecule has 204 valence electrons. The summed E-state index contributed by atoms with van der Waals surface area (Å²) < 4.78 is 58.9. The number of fused-ring (bicyclic) bond motifs is 2. The summed E-state index contributed by atoms with van der Waals surface area (Å²) in [6.07, 6.45) is 1.96. The van der Waals surface area contributed by atoms with Crippen LogP contribution >= 0.6 is 0 Å². The summed E-state index contributed by atoms with van der Waals surface area (Å²) in [5, 5.41) is 9.11. The van der Waals surface area contributed by atoms with Gasteiger partial charge in [-0.1, -0.05) is 6.07 Å². The maximum atomic E-state index is 15.0. The van der Waals surface area contributed by atoms with E-state index in [1.807, 2.05) is 0 Å². The van der Waals surface area contributed by atoms with Crippen LogP contribution in [0.4, 0.5) is 8.78 Å². The standard InChI is InChI=1S/C30H28F2O7/c31-23-5-8-25(39-26-6-2-19(14-24(26)32)37-18-9-11-35-12-10-18)22-4-7-27(30(22)23)38-20-1-3-21-17(13-29(33)34)16-36-28(21)15-20/h1-3,5-6,8,14-15,17-18,27H,4,7,9-13,16H2,(H,33,34)/t17-,27-/m1/s1. The fourth-order valence-electron chi connectivity index (χ4n) is 5.47. The van der Waals surface area contributed by atoms with Gasteiger partial charge in [0.1, 0.15) is 41.0 Å². The van der Waals surface area contributed by atoms with Gasteiger partial charge in [0.15, 0.2) is 11.6 Å². The molecule has 7 nitrogen and oxygen atoms in total. The predicted molar refractivity (Wildman–Crippen MR) is 136 cm³/mol. The third-order valence-electron chi connectivity index (χ3n) is 7.40. The number of halogens is 2. The summed E-state index contributed by atoms with van der Waals surface area (Å²) in [6.45, 7) is 1.55. The molecule has 1 saturated heterocycles. The lowest BCUT2D eigenvalue weighted by atomic mass is 9.98. The second kappa shape index (κ2) is 10.7. The van der Waals surface area contributed by atoms with E-state index in [0.29, 0.717) is 66.8 Å². The van der Waals surface area contributed by atoms with E-state index in [1.165, 1.54) is 24.3 Å². The first-order chi connectivity index (χ1) is 18.9. The second-order valence-electron chi connectivity index (χ2n) is 10.0. The van der Waals surface area contributed by atoms with Crippen LogP contribution in [0.25, 0.3) is 0 Å². The molecule has 0 unspecified atom stereocenters. The molecule has 1 N–H and O–H groups in total. The van der Waals surface area contributed by atoms with Crippen LogP contribution in [0.2, 0.25) is 0 Å². The zero-order chi connectivity index (χ0) is 26.9. The Morgan fingerprint density at radius 1 is 0.923 bits per heavy atom. The Kier molecular flexibility index (Phi) is 6.99. The van der Waals surface area contributed by atoms with E-state index in [9.17, 15) is 13.6 Å². The van der Waals surface area contributed by atoms with Crippen LogP contribution in [0.5, 0.6) is 28.7 Å². The Labute approximate surface area is 224 Å². The molecule has 3 aromatic rings. The molecule has 1 fully saturated rings. The van der Waals surface area contributed by atoms with Gasteiger partial charge in [-0.2, -0.15) is 0 Å². The Morgan fingerprint density at radius 3 is 2.49 bits per heavy atom. The minimum atomic E-state index is -0.882. The summed E-state index contributed by atoms with van der Waals surface area (Å²) >= 11 is 0. The van der Waals surface area contributed by atoms with Gasteiger partial charge in [0.2, 0.25) is 0 Å². The van der Waals surface area contributed by atoms with E-state index < -0.39 is 23.7 Å². The summed E-state index contributed by atoms with van der Waals surface area (Å²) in [6, 6.07) is 12.6. The second-order valence-corrected chi connectivity index (χ2v) is 10.0. The number of rotatable bonds is 8. The molecule has 2 heterocycles. The van der Waals surface area contributed by atoms with Crippen LogP contribution in [-0.4, -0.2) is 37.0 Å². The number of hydrogen-bond donors (Lipinski definition) is 1. The maximum absolute atomic E-state index is 15.0. The Bertz CT molecular complexity index is 1390. The van der Waals surface area contributed by atoms with E-state index in [0.717, 1.165) is 18.4 Å². The van der Waals surface area contributed by atoms with Crippen molar-refractivity contribution in [1.82, 2.24) is 0 Å². The summed E-state index contributed by atoms with van der Waals surface area (Å²) in [5.41, 5.74) is 1.85. The molecule has 1 aliphatic carbocycles. The molecule has 0 amide bonds. The highest BCUT2D eigenvalue weighted by atomic mass is 19.1. The highest BCUT2D eigenvalue weighted by molar-refractivity contribution is 5.68. The SMILES string of the molecule is O=C(O)C[C@@H]1COc2cc(O[C@@H]3CCc4c(Oc5ccc(OC6CCOCC6)cc5F)ccc(F)c43)ccc21. The van der Waals surface area contributed by atoms with E-state index in [-0.39, 0.29) is 24.2 Å². The van der Waals surface area contributed by atoms with Gasteiger partial charge in [0.05, 0.1) is 26.2 Å². The number of aliphatic carboxylic acids is 1. The third kappa shape index (κ3) is 5.36. The van der Waals surface area contributed by atoms with Crippen molar-refractivity contribution in [3.8, 4) is 28.7 Å². The first-order valence-electron chi connectivity index (χ1n) is 13.1. The molecule has 0 radical (unpaired) electrons. The predicted octanol–water partition coefficient (Wildman–Crippen LogP) is 6.33. The van der Waals surface area contributed by atoms with Crippen molar-refractivity contribution in [3.05, 3.63) is 76.9 Å². The third-order valence-corrected chi connectivity index (χ3v) is 7.40. The summed E-state index contributed by atoms with van der Waals surface area (Å²) in [4.78, 5) is 11.1. The maximum Gasteiger partial charge on any atom is 0.304 e. The molecule has 0 spiro atoms. The van der Waals surface area contributed by atoms with Crippen molar-refractivity contribution < 1.29 is 42.4 Å². The quantitative estimate of drug-likeness (QED) is 0.359. The van der Waals surface area contributed by atoms with Crippen LogP contribution in [0, 0.1) is 11.6 Å². The molecule has 0 aromatic heterocycles. The molecule has 3 aromatic carbocycles. The molecule has 6 rings (SSSR count). The Hall–Kier alpha value is -3.85. The first kappa shape index (κ1) is 25.4. The fraction of sp³-hybridized carbons (Fsp3) is 0.367. The van der Waals surface area contributed by atoms with E-state index >= 15 is 0 Å². The van der Waals surface area contributed by atoms with Gasteiger partial charge in [0, 0.05) is 47.6 Å². The van der Waals surface area contributed by atoms with Crippen LogP contribution in [0.1, 0.15) is 54.4 Å². The van der Waals surface area contributed by atoms with E-state index in [2.05, 4.69) is 0 Å². The number of carbonyl (C=O) groups is 1. The minimum absolute atomic E-state index is 0.00868. The Morgan fingerprint density at radius 2 is 1.69 bits per heavy atom. The van der Waals surface area contributed by atoms with Crippen molar-refractivity contribution in [2.24, 2.45) is 0 Å². The largest absolute Gasteiger partial charge is 0.492 e. The molecule has 9 heteroatoms. The molecule has 2 atom stereocenters. The lowest BCUT2D eigenvalue weighted by molar-refractivity contribution is -0.137. The van der Waals surface area contributed by atoms with Crippen molar-refractivity contribution >= 4 is 5.97 Å². The highest BCUT2D eigenvalue weighted by Crippen LogP contribution is 2.44. The monoisotopic (exact) mass is 538 g/mol. The zero-order valence-electron chi connectivity index (χ0n) is 21.2. The van der Waals surface area contributed by atoms with Crippen LogP contribution < -0.4 is 18.9 Å². The minimum Gasteiger partial charge on any atom is -0.492 e. The van der Waals surface area contributed by atoms with Gasteiger partial charge in [-0.3, -0.25) is 4.79 Å². The molecule has 0 bridgehead atoms. The number of carboxylic acids is 1. The lowest BCUT2D eigenvalue weighted by Crippen LogP contribution is -2.25. The van der Waals surface area contributed by atoms with E-state index in [4.69, 9.17) is 28.8 Å². The number of carboxylic acid groups (broad SMARTS) is 1. The van der Waals surface area contributed by atoms with Crippen molar-refractivity contribution in [3.63, 3.8) is 0 Å². The van der Waals surface area contributed by atoms with Crippen LogP contribution in [0.15, 0.2) is 48.5 Å². The summed E-state index contributed by atoms with van der Waals surface area (Å²) in [7, 11) is 0. The molecule has 0 saturated carbocycles. The molecule has 2 aliphatic heterocycles. The van der Waals surface area contributed by atoms with Crippen LogP contribution in [0.3, 0.4) is 0 Å². The average molecular weight is 539 g/mol. The van der Waals surface area contributed by atoms with Gasteiger partial charge >= 0.3 is 5.97 Å². The van der Waals surface area contributed by atoms with Gasteiger partial charge in [-0.15, -0.1) is 0 Å². The summed E-state index contributed by atoms with van der Waals surface area (Å²) in [5.74, 6) is -0.165. The zero-order valence-corrected chi connectivity index (χ0v) is 21.2. The molecular formula is C30H28F2O7. The molecule has 3 aliphatic rings. The number of ether oxygens (including phenoxy) is 5. The Balaban J connectivity index is 1.17. The fourth-order valence-corrected chi connectivity index (χ4v) is 5.47. The van der Waals surface area contributed by atoms with Gasteiger partial charge < -0.3 is 28.8 Å². The smallest absolute Gasteiger partial charge is 0.304 e. The van der Waals surface area contributed by atoms with Gasteiger partial charge in [-0.25, -0.2) is 8.78 Å². The normalized spacial score (nSPS) is 20.2. The van der Waals surface area contributed by atoms with Gasteiger partial charge in [0.25, 0.3) is 0 Å². The number of hydrogen-bond acceptors (Lipinski definition) is 6. The molecule has 39 heavy (non-hydrogen) atoms. The topological polar surface area (TPSA) is 83.5 Å². The van der Waals surface area contributed by atoms with Crippen molar-refractivity contribution in [2.45, 2.75) is 50.2 Å². The first-order valence-corrected chi connectivity index (χ1v) is 13.1. The lowest BCUT2D eigenvalue weighted by Gasteiger charge is -2.23. The van der Waals surface area contributed by atoms with E-state index in [1.54, 1.807) is 24.3 Å². The van der Waals surface area contributed by atoms with Crippen molar-refractivity contribution in [1.29, 1.82) is 0 Å². The molecular weight excluding hydrogens is 510 g/mol.